The van der Waals surface area contributed by atoms with Crippen molar-refractivity contribution in [3.63, 3.8) is 0 Å². The smallest absolute Gasteiger partial charge is 0.495 e. The molecule has 0 saturated heterocycles. The zero-order chi connectivity index (χ0) is 23.4. The monoisotopic (exact) mass is 480 g/mol. The van der Waals surface area contributed by atoms with Crippen LogP contribution in [0.3, 0.4) is 0 Å². The Balaban J connectivity index is 6.50. The third-order valence-corrected chi connectivity index (χ3v) is 3.14. The molecule has 0 aromatic heterocycles. The van der Waals surface area contributed by atoms with Gasteiger partial charge in [-0.25, -0.2) is 4.39 Å². The van der Waals surface area contributed by atoms with E-state index in [0.717, 1.165) is 0 Å². The van der Waals surface area contributed by atoms with E-state index < -0.39 is 56.3 Å². The van der Waals surface area contributed by atoms with Crippen molar-refractivity contribution in [2.75, 3.05) is 0 Å². The van der Waals surface area contributed by atoms with Crippen LogP contribution < -0.4 is 4.89 Å². The molecule has 2 unspecified atom stereocenters. The molecule has 0 amide bonds. The molecule has 28 heavy (non-hydrogen) atoms. The van der Waals surface area contributed by atoms with E-state index in [4.69, 9.17) is 0 Å². The fourth-order valence-electron chi connectivity index (χ4n) is 1.30. The standard InChI is InChI=1S/C8HF16O3P/c9-1(3(12,13)14)2(10,11)4(15,16)5(17,18)6(19,20)7(21,22)8(23,24)27-28(25)26/h1H. The summed E-state index contributed by atoms with van der Waals surface area (Å²) in [5.41, 5.74) is 0. The summed E-state index contributed by atoms with van der Waals surface area (Å²) in [5.74, 6) is -41.2. The van der Waals surface area contributed by atoms with Gasteiger partial charge in [0.2, 0.25) is 0 Å². The number of rotatable bonds is 8. The molecule has 0 N–H and O–H groups in total. The van der Waals surface area contributed by atoms with Crippen molar-refractivity contribution in [3.8, 4) is 0 Å². The molecular weight excluding hydrogens is 479 g/mol. The molecular formula is C8HF16O3P. The summed E-state index contributed by atoms with van der Waals surface area (Å²) in [7, 11) is -5.26. The normalized spacial score (nSPS) is 17.5. The molecule has 168 valence electrons. The van der Waals surface area contributed by atoms with Gasteiger partial charge in [0.25, 0.3) is 6.17 Å². The van der Waals surface area contributed by atoms with Crippen molar-refractivity contribution in [3.05, 3.63) is 0 Å². The van der Waals surface area contributed by atoms with Gasteiger partial charge < -0.3 is 4.89 Å². The third-order valence-electron chi connectivity index (χ3n) is 2.76. The highest BCUT2D eigenvalue weighted by molar-refractivity contribution is 7.30. The summed E-state index contributed by atoms with van der Waals surface area (Å²) >= 11 is 0. The van der Waals surface area contributed by atoms with E-state index in [1.54, 1.807) is 0 Å². The minimum Gasteiger partial charge on any atom is -0.566 e. The molecule has 0 aliphatic rings. The van der Waals surface area contributed by atoms with Gasteiger partial charge in [-0.15, -0.1) is 0 Å². The average molecular weight is 480 g/mol. The van der Waals surface area contributed by atoms with E-state index in [2.05, 4.69) is 0 Å². The van der Waals surface area contributed by atoms with Gasteiger partial charge in [-0.05, 0) is 4.57 Å². The van der Waals surface area contributed by atoms with Crippen LogP contribution in [0.15, 0.2) is 0 Å². The van der Waals surface area contributed by atoms with Crippen LogP contribution in [0.25, 0.3) is 0 Å². The van der Waals surface area contributed by atoms with E-state index in [1.165, 1.54) is 0 Å². The molecule has 0 fully saturated rings. The van der Waals surface area contributed by atoms with Crippen LogP contribution in [0.1, 0.15) is 0 Å². The molecule has 3 nitrogen and oxygen atoms in total. The highest BCUT2D eigenvalue weighted by atomic mass is 31.1. The number of halogens is 16. The summed E-state index contributed by atoms with van der Waals surface area (Å²) in [6, 6.07) is 0. The first kappa shape index (κ1) is 26.9. The molecule has 0 aliphatic carbocycles. The molecule has 0 spiro atoms. The average Bonchev–Trinajstić information content (AvgIpc) is 2.42. The zero-order valence-corrected chi connectivity index (χ0v) is 12.7. The van der Waals surface area contributed by atoms with Crippen LogP contribution in [0, 0.1) is 0 Å². The predicted molar refractivity (Wildman–Crippen MR) is 49.3 cm³/mol. The Labute approximate surface area is 142 Å². The summed E-state index contributed by atoms with van der Waals surface area (Å²) in [6.45, 7) is 0. The van der Waals surface area contributed by atoms with Gasteiger partial charge in [0.1, 0.15) is 0 Å². The lowest BCUT2D eigenvalue weighted by molar-refractivity contribution is -0.455. The topological polar surface area (TPSA) is 49.4 Å². The Hall–Kier alpha value is -1.10. The van der Waals surface area contributed by atoms with Crippen LogP contribution in [0.2, 0.25) is 0 Å². The van der Waals surface area contributed by atoms with E-state index in [-0.39, 0.29) is 0 Å². The molecule has 0 saturated carbocycles. The van der Waals surface area contributed by atoms with Gasteiger partial charge in [-0.1, -0.05) is 4.52 Å². The summed E-state index contributed by atoms with van der Waals surface area (Å²) in [6.07, 6.45) is -20.7. The van der Waals surface area contributed by atoms with Gasteiger partial charge in [-0.2, -0.15) is 65.9 Å². The van der Waals surface area contributed by atoms with Gasteiger partial charge in [-0.3, -0.25) is 0 Å². The first-order valence-electron chi connectivity index (χ1n) is 5.63. The van der Waals surface area contributed by atoms with Crippen molar-refractivity contribution < 1.29 is 84.2 Å². The predicted octanol–water partition coefficient (Wildman–Crippen LogP) is 4.69. The molecule has 0 aromatic rings. The Kier molecular flexibility index (Phi) is 6.72. The van der Waals surface area contributed by atoms with Crippen molar-refractivity contribution >= 4 is 8.25 Å². The molecule has 0 radical (unpaired) electrons. The Morgan fingerprint density at radius 2 is 0.964 bits per heavy atom. The van der Waals surface area contributed by atoms with E-state index in [0.29, 0.717) is 0 Å². The second-order valence-electron chi connectivity index (χ2n) is 4.66. The largest absolute Gasteiger partial charge is 0.566 e. The molecule has 0 aromatic carbocycles. The van der Waals surface area contributed by atoms with E-state index >= 15 is 0 Å². The van der Waals surface area contributed by atoms with Gasteiger partial charge in [0.05, 0.1) is 0 Å². The van der Waals surface area contributed by atoms with Crippen molar-refractivity contribution in [2.24, 2.45) is 0 Å². The van der Waals surface area contributed by atoms with Crippen molar-refractivity contribution in [2.45, 2.75) is 48.1 Å². The van der Waals surface area contributed by atoms with Crippen LogP contribution in [0.5, 0.6) is 0 Å². The Bertz CT molecular complexity index is 597. The fraction of sp³-hybridized carbons (Fsp3) is 1.00. The molecule has 20 heteroatoms. The maximum atomic E-state index is 13.1. The minimum atomic E-state index is -8.51. The number of alkyl halides is 16. The fourth-order valence-corrected chi connectivity index (χ4v) is 1.60. The van der Waals surface area contributed by atoms with Gasteiger partial charge in [0, 0.05) is 0 Å². The number of hydrogen-bond acceptors (Lipinski definition) is 3. The van der Waals surface area contributed by atoms with Crippen LogP contribution in [-0.2, 0) is 9.09 Å². The maximum Gasteiger partial charge on any atom is 0.495 e. The minimum absolute atomic E-state index is 1.85. The summed E-state index contributed by atoms with van der Waals surface area (Å²) in [5, 5.41) is 0. The van der Waals surface area contributed by atoms with Gasteiger partial charge in [0.15, 0.2) is 0 Å². The van der Waals surface area contributed by atoms with Gasteiger partial charge >= 0.3 is 50.2 Å². The van der Waals surface area contributed by atoms with Crippen molar-refractivity contribution in [1.82, 2.24) is 0 Å². The maximum absolute atomic E-state index is 13.1. The Morgan fingerprint density at radius 1 is 0.643 bits per heavy atom. The summed E-state index contributed by atoms with van der Waals surface area (Å²) in [4.78, 5) is 9.72. The second-order valence-corrected chi connectivity index (χ2v) is 5.29. The third kappa shape index (κ3) is 3.83. The molecule has 2 atom stereocenters. The molecule has 0 heterocycles. The van der Waals surface area contributed by atoms with Crippen LogP contribution >= 0.6 is 8.25 Å². The molecule has 0 bridgehead atoms. The molecule has 0 rings (SSSR count). The Morgan fingerprint density at radius 3 is 1.25 bits per heavy atom. The lowest BCUT2D eigenvalue weighted by Crippen LogP contribution is -2.72. The SMILES string of the molecule is O=[P+]([O-])OC(F)(F)C(F)(F)C(F)(F)C(F)(F)C(F)(F)C(F)(F)C(F)C(F)(F)F. The van der Waals surface area contributed by atoms with Crippen LogP contribution in [0.4, 0.5) is 70.2 Å². The quantitative estimate of drug-likeness (QED) is 0.375. The molecule has 0 aliphatic heterocycles. The lowest BCUT2D eigenvalue weighted by Gasteiger charge is -2.40. The second kappa shape index (κ2) is 7.00. The number of hydrogen-bond donors (Lipinski definition) is 0. The first-order valence-corrected chi connectivity index (χ1v) is 6.73. The highest BCUT2D eigenvalue weighted by Crippen LogP contribution is 2.62. The van der Waals surface area contributed by atoms with Crippen LogP contribution in [-0.4, -0.2) is 48.1 Å². The van der Waals surface area contributed by atoms with E-state index in [9.17, 15) is 79.7 Å². The van der Waals surface area contributed by atoms with Crippen molar-refractivity contribution in [1.29, 1.82) is 0 Å². The summed E-state index contributed by atoms with van der Waals surface area (Å²) < 4.78 is 214. The zero-order valence-electron chi connectivity index (χ0n) is 11.8. The first-order chi connectivity index (χ1) is 11.8. The van der Waals surface area contributed by atoms with E-state index in [1.807, 2.05) is 4.52 Å². The highest BCUT2D eigenvalue weighted by Gasteiger charge is 2.93. The lowest BCUT2D eigenvalue weighted by atomic mass is 9.91.